The molecule has 0 bridgehead atoms. The number of fused-ring (bicyclic) bond motifs is 1. The summed E-state index contributed by atoms with van der Waals surface area (Å²) in [4.78, 5) is 4.36. The maximum Gasteiger partial charge on any atom is 0.201 e. The van der Waals surface area contributed by atoms with Crippen LogP contribution < -0.4 is 5.73 Å². The molecule has 0 unspecified atom stereocenters. The monoisotopic (exact) mass is 242 g/mol. The van der Waals surface area contributed by atoms with E-state index < -0.39 is 0 Å². The lowest BCUT2D eigenvalue weighted by atomic mass is 10.2. The van der Waals surface area contributed by atoms with Crippen LogP contribution in [-0.2, 0) is 6.54 Å². The van der Waals surface area contributed by atoms with Crippen molar-refractivity contribution in [2.75, 3.05) is 5.73 Å². The smallest absolute Gasteiger partial charge is 0.201 e. The highest BCUT2D eigenvalue weighted by Gasteiger charge is 2.10. The van der Waals surface area contributed by atoms with Gasteiger partial charge in [-0.15, -0.1) is 0 Å². The molecule has 5 nitrogen and oxygen atoms in total. The summed E-state index contributed by atoms with van der Waals surface area (Å²) in [6, 6.07) is 8.00. The molecule has 1 aromatic carbocycles. The number of anilines is 1. The molecule has 0 aliphatic rings. The highest BCUT2D eigenvalue weighted by atomic mass is 16.5. The fraction of sp³-hybridized carbons (Fsp3) is 0.231. The van der Waals surface area contributed by atoms with Gasteiger partial charge in [-0.3, -0.25) is 0 Å². The van der Waals surface area contributed by atoms with Crippen molar-refractivity contribution < 1.29 is 4.52 Å². The number of nitrogens with two attached hydrogens (primary N) is 1. The zero-order chi connectivity index (χ0) is 12.7. The van der Waals surface area contributed by atoms with Gasteiger partial charge < -0.3 is 14.8 Å². The number of aromatic nitrogens is 3. The van der Waals surface area contributed by atoms with Crippen LogP contribution in [0.1, 0.15) is 17.0 Å². The Morgan fingerprint density at radius 1 is 1.28 bits per heavy atom. The van der Waals surface area contributed by atoms with Gasteiger partial charge in [0.1, 0.15) is 11.5 Å². The molecule has 2 aromatic heterocycles. The fourth-order valence-corrected chi connectivity index (χ4v) is 2.08. The SMILES string of the molecule is Cc1ccc2c(c1)nc(N)n2Cc1cc(C)on1. The summed E-state index contributed by atoms with van der Waals surface area (Å²) in [7, 11) is 0. The Hall–Kier alpha value is -2.30. The quantitative estimate of drug-likeness (QED) is 0.748. The van der Waals surface area contributed by atoms with Crippen molar-refractivity contribution in [1.29, 1.82) is 0 Å². The Morgan fingerprint density at radius 3 is 2.83 bits per heavy atom. The molecule has 0 atom stereocenters. The number of nitrogens with zero attached hydrogens (tertiary/aromatic N) is 3. The van der Waals surface area contributed by atoms with Gasteiger partial charge in [-0.2, -0.15) is 0 Å². The van der Waals surface area contributed by atoms with E-state index in [9.17, 15) is 0 Å². The number of aryl methyl sites for hydroxylation is 2. The van der Waals surface area contributed by atoms with Crippen LogP contribution in [-0.4, -0.2) is 14.7 Å². The number of imidazole rings is 1. The van der Waals surface area contributed by atoms with Crippen molar-refractivity contribution in [3.63, 3.8) is 0 Å². The molecule has 0 aliphatic carbocycles. The number of hydrogen-bond donors (Lipinski definition) is 1. The van der Waals surface area contributed by atoms with E-state index in [0.29, 0.717) is 12.5 Å². The molecule has 0 radical (unpaired) electrons. The normalized spacial score (nSPS) is 11.2. The van der Waals surface area contributed by atoms with Crippen LogP contribution in [0.4, 0.5) is 5.95 Å². The van der Waals surface area contributed by atoms with Crippen molar-refractivity contribution in [1.82, 2.24) is 14.7 Å². The van der Waals surface area contributed by atoms with Gasteiger partial charge in [0.2, 0.25) is 5.95 Å². The molecule has 0 amide bonds. The largest absolute Gasteiger partial charge is 0.369 e. The first-order valence-corrected chi connectivity index (χ1v) is 5.78. The first-order valence-electron chi connectivity index (χ1n) is 5.78. The molecule has 3 rings (SSSR count). The second-order valence-corrected chi connectivity index (χ2v) is 4.48. The van der Waals surface area contributed by atoms with Crippen LogP contribution >= 0.6 is 0 Å². The van der Waals surface area contributed by atoms with Gasteiger partial charge in [0.25, 0.3) is 0 Å². The molecular formula is C13H14N4O. The van der Waals surface area contributed by atoms with Crippen molar-refractivity contribution in [2.45, 2.75) is 20.4 Å². The number of nitrogen functional groups attached to an aromatic ring is 1. The maximum absolute atomic E-state index is 5.95. The van der Waals surface area contributed by atoms with E-state index in [1.54, 1.807) is 0 Å². The van der Waals surface area contributed by atoms with Crippen LogP contribution in [0.15, 0.2) is 28.8 Å². The zero-order valence-electron chi connectivity index (χ0n) is 10.3. The highest BCUT2D eigenvalue weighted by molar-refractivity contribution is 5.79. The minimum absolute atomic E-state index is 0.497. The second kappa shape index (κ2) is 3.87. The molecule has 5 heteroatoms. The molecule has 92 valence electrons. The third-order valence-corrected chi connectivity index (χ3v) is 2.93. The van der Waals surface area contributed by atoms with Gasteiger partial charge in [0.15, 0.2) is 0 Å². The third-order valence-electron chi connectivity index (χ3n) is 2.93. The van der Waals surface area contributed by atoms with Gasteiger partial charge in [0.05, 0.1) is 17.6 Å². The predicted molar refractivity (Wildman–Crippen MR) is 69.2 cm³/mol. The molecular weight excluding hydrogens is 228 g/mol. The van der Waals surface area contributed by atoms with Crippen LogP contribution in [0, 0.1) is 13.8 Å². The van der Waals surface area contributed by atoms with E-state index in [2.05, 4.69) is 10.1 Å². The predicted octanol–water partition coefficient (Wildman–Crippen LogP) is 2.27. The number of rotatable bonds is 2. The molecule has 0 fully saturated rings. The van der Waals surface area contributed by atoms with Crippen molar-refractivity contribution in [3.05, 3.63) is 41.3 Å². The van der Waals surface area contributed by atoms with Crippen LogP contribution in [0.25, 0.3) is 11.0 Å². The minimum atomic E-state index is 0.497. The lowest BCUT2D eigenvalue weighted by Crippen LogP contribution is -2.04. The first kappa shape index (κ1) is 10.8. The first-order chi connectivity index (χ1) is 8.63. The van der Waals surface area contributed by atoms with Crippen LogP contribution in [0.3, 0.4) is 0 Å². The van der Waals surface area contributed by atoms with Crippen LogP contribution in [0.5, 0.6) is 0 Å². The summed E-state index contributed by atoms with van der Waals surface area (Å²) in [6.45, 7) is 4.48. The molecule has 0 spiro atoms. The maximum atomic E-state index is 5.95. The lowest BCUT2D eigenvalue weighted by Gasteiger charge is -2.03. The van der Waals surface area contributed by atoms with E-state index in [1.807, 2.05) is 42.7 Å². The average molecular weight is 242 g/mol. The Labute approximate surface area is 104 Å². The molecule has 2 heterocycles. The topological polar surface area (TPSA) is 69.9 Å². The Morgan fingerprint density at radius 2 is 2.11 bits per heavy atom. The summed E-state index contributed by atoms with van der Waals surface area (Å²) in [5, 5.41) is 3.98. The molecule has 2 N–H and O–H groups in total. The van der Waals surface area contributed by atoms with Gasteiger partial charge in [0, 0.05) is 6.07 Å². The number of benzene rings is 1. The second-order valence-electron chi connectivity index (χ2n) is 4.48. The van der Waals surface area contributed by atoms with E-state index in [0.717, 1.165) is 22.5 Å². The molecule has 0 saturated heterocycles. The van der Waals surface area contributed by atoms with E-state index in [1.165, 1.54) is 5.56 Å². The summed E-state index contributed by atoms with van der Waals surface area (Å²) < 4.78 is 7.00. The zero-order valence-corrected chi connectivity index (χ0v) is 10.3. The van der Waals surface area contributed by atoms with Crippen molar-refractivity contribution in [3.8, 4) is 0 Å². The minimum Gasteiger partial charge on any atom is -0.369 e. The van der Waals surface area contributed by atoms with Gasteiger partial charge >= 0.3 is 0 Å². The third kappa shape index (κ3) is 1.73. The van der Waals surface area contributed by atoms with E-state index in [4.69, 9.17) is 10.3 Å². The van der Waals surface area contributed by atoms with E-state index in [-0.39, 0.29) is 0 Å². The Kier molecular flexibility index (Phi) is 2.33. The highest BCUT2D eigenvalue weighted by Crippen LogP contribution is 2.20. The van der Waals surface area contributed by atoms with E-state index >= 15 is 0 Å². The molecule has 0 saturated carbocycles. The lowest BCUT2D eigenvalue weighted by molar-refractivity contribution is 0.389. The Balaban J connectivity index is 2.08. The van der Waals surface area contributed by atoms with Crippen LogP contribution in [0.2, 0.25) is 0 Å². The standard InChI is InChI=1S/C13H14N4O/c1-8-3-4-12-11(5-8)15-13(14)17(12)7-10-6-9(2)18-16-10/h3-6H,7H2,1-2H3,(H2,14,15). The summed E-state index contributed by atoms with van der Waals surface area (Å²) in [6.07, 6.45) is 0. The van der Waals surface area contributed by atoms with Gasteiger partial charge in [-0.1, -0.05) is 11.2 Å². The molecule has 3 aromatic rings. The van der Waals surface area contributed by atoms with Gasteiger partial charge in [-0.05, 0) is 31.5 Å². The average Bonchev–Trinajstić information content (AvgIpc) is 2.84. The Bertz CT molecular complexity index is 711. The molecule has 18 heavy (non-hydrogen) atoms. The van der Waals surface area contributed by atoms with Crippen molar-refractivity contribution >= 4 is 17.0 Å². The van der Waals surface area contributed by atoms with Gasteiger partial charge in [-0.25, -0.2) is 4.98 Å². The number of hydrogen-bond acceptors (Lipinski definition) is 4. The summed E-state index contributed by atoms with van der Waals surface area (Å²) in [5.41, 5.74) is 9.89. The van der Waals surface area contributed by atoms with Crippen molar-refractivity contribution in [2.24, 2.45) is 0 Å². The fourth-order valence-electron chi connectivity index (χ4n) is 2.08. The summed E-state index contributed by atoms with van der Waals surface area (Å²) in [5.74, 6) is 1.29. The summed E-state index contributed by atoms with van der Waals surface area (Å²) >= 11 is 0. The molecule has 0 aliphatic heterocycles.